The van der Waals surface area contributed by atoms with E-state index in [1.807, 2.05) is 26.8 Å². The van der Waals surface area contributed by atoms with E-state index in [1.54, 1.807) is 4.90 Å². The molecule has 0 aromatic carbocycles. The minimum absolute atomic E-state index is 0.247. The van der Waals surface area contributed by atoms with Crippen molar-refractivity contribution in [3.8, 4) is 0 Å². The summed E-state index contributed by atoms with van der Waals surface area (Å²) in [5, 5.41) is 0. The van der Waals surface area contributed by atoms with Crippen LogP contribution in [0.4, 0.5) is 4.79 Å². The minimum Gasteiger partial charge on any atom is -0.444 e. The molecule has 0 fully saturated rings. The lowest BCUT2D eigenvalue weighted by atomic mass is 10.1. The Labute approximate surface area is 107 Å². The summed E-state index contributed by atoms with van der Waals surface area (Å²) in [5.41, 5.74) is 8.51. The molecule has 0 aliphatic carbocycles. The summed E-state index contributed by atoms with van der Waals surface area (Å²) in [6, 6.07) is 2.03. The molecule has 0 radical (unpaired) electrons. The van der Waals surface area contributed by atoms with Crippen molar-refractivity contribution in [1.29, 1.82) is 0 Å². The second-order valence-electron chi connectivity index (χ2n) is 5.65. The van der Waals surface area contributed by atoms with Gasteiger partial charge in [-0.1, -0.05) is 0 Å². The molecule has 0 spiro atoms. The maximum absolute atomic E-state index is 12.0. The first-order chi connectivity index (χ1) is 8.39. The fourth-order valence-corrected chi connectivity index (χ4v) is 2.10. The zero-order valence-electron chi connectivity index (χ0n) is 11.2. The number of amides is 1. The van der Waals surface area contributed by atoms with Gasteiger partial charge < -0.3 is 20.4 Å². The van der Waals surface area contributed by atoms with Gasteiger partial charge in [0.05, 0.1) is 6.54 Å². The van der Waals surface area contributed by atoms with Gasteiger partial charge >= 0.3 is 6.09 Å². The number of hydrogen-bond acceptors (Lipinski definition) is 3. The summed E-state index contributed by atoms with van der Waals surface area (Å²) in [5.74, 6) is 0. The van der Waals surface area contributed by atoms with Crippen molar-refractivity contribution in [3.05, 3.63) is 23.0 Å². The molecule has 0 saturated carbocycles. The van der Waals surface area contributed by atoms with Crippen molar-refractivity contribution in [2.75, 3.05) is 6.54 Å². The first kappa shape index (κ1) is 13.0. The largest absolute Gasteiger partial charge is 0.444 e. The number of carbonyl (C=O) groups excluding carboxylic acids is 1. The highest BCUT2D eigenvalue weighted by Crippen LogP contribution is 2.21. The van der Waals surface area contributed by atoms with E-state index in [9.17, 15) is 4.79 Å². The molecule has 1 aliphatic heterocycles. The van der Waals surface area contributed by atoms with Crippen LogP contribution in [0.3, 0.4) is 0 Å². The van der Waals surface area contributed by atoms with Gasteiger partial charge in [0, 0.05) is 30.9 Å². The molecular weight excluding hydrogens is 230 g/mol. The fourth-order valence-electron chi connectivity index (χ4n) is 2.10. The van der Waals surface area contributed by atoms with E-state index in [0.717, 1.165) is 17.7 Å². The number of carbonyl (C=O) groups is 1. The molecule has 1 aromatic heterocycles. The molecule has 2 heterocycles. The number of rotatable bonds is 1. The second-order valence-corrected chi connectivity index (χ2v) is 5.65. The van der Waals surface area contributed by atoms with Crippen molar-refractivity contribution in [2.24, 2.45) is 5.73 Å². The summed E-state index contributed by atoms with van der Waals surface area (Å²) < 4.78 is 5.38. The Morgan fingerprint density at radius 2 is 2.28 bits per heavy atom. The number of ether oxygens (including phenoxy) is 1. The van der Waals surface area contributed by atoms with Gasteiger partial charge in [0.2, 0.25) is 0 Å². The van der Waals surface area contributed by atoms with Crippen molar-refractivity contribution in [3.63, 3.8) is 0 Å². The van der Waals surface area contributed by atoms with E-state index >= 15 is 0 Å². The minimum atomic E-state index is -0.447. The number of H-pyrrole nitrogens is 1. The number of hydrogen-bond donors (Lipinski definition) is 2. The molecule has 5 heteroatoms. The zero-order valence-corrected chi connectivity index (χ0v) is 11.2. The van der Waals surface area contributed by atoms with E-state index in [2.05, 4.69) is 4.98 Å². The lowest BCUT2D eigenvalue weighted by Crippen LogP contribution is -2.39. The Morgan fingerprint density at radius 3 is 2.89 bits per heavy atom. The number of aromatic amines is 1. The Hall–Kier alpha value is -1.49. The molecule has 1 aromatic rings. The molecule has 100 valence electrons. The Kier molecular flexibility index (Phi) is 3.34. The molecule has 5 nitrogen and oxygen atoms in total. The van der Waals surface area contributed by atoms with E-state index in [-0.39, 0.29) is 6.09 Å². The van der Waals surface area contributed by atoms with Crippen LogP contribution in [-0.4, -0.2) is 28.1 Å². The third-order valence-corrected chi connectivity index (χ3v) is 2.91. The standard InChI is InChI=1S/C13H21N3O2/c1-13(2,3)18-12(17)16-5-4-11-9(8-16)6-10(7-14)15-11/h6,15H,4-5,7-8,14H2,1-3H3. The van der Waals surface area contributed by atoms with Gasteiger partial charge in [0.15, 0.2) is 0 Å². The average molecular weight is 251 g/mol. The lowest BCUT2D eigenvalue weighted by molar-refractivity contribution is 0.0223. The van der Waals surface area contributed by atoms with Crippen LogP contribution in [0.2, 0.25) is 0 Å². The summed E-state index contributed by atoms with van der Waals surface area (Å²) in [4.78, 5) is 17.0. The summed E-state index contributed by atoms with van der Waals surface area (Å²) >= 11 is 0. The zero-order chi connectivity index (χ0) is 13.3. The summed E-state index contributed by atoms with van der Waals surface area (Å²) in [6.07, 6.45) is 0.581. The van der Waals surface area contributed by atoms with Crippen LogP contribution in [0, 0.1) is 0 Å². The van der Waals surface area contributed by atoms with E-state index in [4.69, 9.17) is 10.5 Å². The highest BCUT2D eigenvalue weighted by molar-refractivity contribution is 5.68. The average Bonchev–Trinajstić information content (AvgIpc) is 2.68. The SMILES string of the molecule is CC(C)(C)OC(=O)N1CCc2[nH]c(CN)cc2C1. The normalized spacial score (nSPS) is 15.4. The van der Waals surface area contributed by atoms with Crippen molar-refractivity contribution in [2.45, 2.75) is 45.9 Å². The summed E-state index contributed by atoms with van der Waals surface area (Å²) in [6.45, 7) is 7.42. The highest BCUT2D eigenvalue weighted by Gasteiger charge is 2.26. The van der Waals surface area contributed by atoms with Gasteiger partial charge in [-0.3, -0.25) is 0 Å². The third-order valence-electron chi connectivity index (χ3n) is 2.91. The number of fused-ring (bicyclic) bond motifs is 1. The second kappa shape index (κ2) is 4.65. The third kappa shape index (κ3) is 2.85. The number of nitrogens with two attached hydrogens (primary N) is 1. The molecule has 3 N–H and O–H groups in total. The number of nitrogens with one attached hydrogen (secondary N) is 1. The Morgan fingerprint density at radius 1 is 1.56 bits per heavy atom. The van der Waals surface area contributed by atoms with Crippen LogP contribution < -0.4 is 5.73 Å². The number of aromatic nitrogens is 1. The van der Waals surface area contributed by atoms with Gasteiger partial charge in [-0.05, 0) is 32.4 Å². The van der Waals surface area contributed by atoms with Gasteiger partial charge in [-0.2, -0.15) is 0 Å². The van der Waals surface area contributed by atoms with Crippen molar-refractivity contribution in [1.82, 2.24) is 9.88 Å². The molecule has 2 rings (SSSR count). The van der Waals surface area contributed by atoms with Crippen LogP contribution in [-0.2, 0) is 24.2 Å². The molecule has 1 aliphatic rings. The first-order valence-electron chi connectivity index (χ1n) is 6.26. The number of nitrogens with zero attached hydrogens (tertiary/aromatic N) is 1. The van der Waals surface area contributed by atoms with Crippen LogP contribution in [0.1, 0.15) is 37.7 Å². The monoisotopic (exact) mass is 251 g/mol. The van der Waals surface area contributed by atoms with E-state index in [0.29, 0.717) is 19.6 Å². The molecule has 0 unspecified atom stereocenters. The van der Waals surface area contributed by atoms with E-state index in [1.165, 1.54) is 5.69 Å². The predicted octanol–water partition coefficient (Wildman–Crippen LogP) is 1.77. The van der Waals surface area contributed by atoms with E-state index < -0.39 is 5.60 Å². The highest BCUT2D eigenvalue weighted by atomic mass is 16.6. The van der Waals surface area contributed by atoms with Gasteiger partial charge in [-0.15, -0.1) is 0 Å². The quantitative estimate of drug-likeness (QED) is 0.799. The van der Waals surface area contributed by atoms with Crippen molar-refractivity contribution >= 4 is 6.09 Å². The molecule has 0 bridgehead atoms. The molecule has 0 saturated heterocycles. The topological polar surface area (TPSA) is 71.3 Å². The van der Waals surface area contributed by atoms with Gasteiger partial charge in [0.25, 0.3) is 0 Å². The molecular formula is C13H21N3O2. The molecule has 1 amide bonds. The smallest absolute Gasteiger partial charge is 0.410 e. The van der Waals surface area contributed by atoms with Crippen LogP contribution >= 0.6 is 0 Å². The Balaban J connectivity index is 2.05. The molecule has 0 atom stereocenters. The van der Waals surface area contributed by atoms with Gasteiger partial charge in [-0.25, -0.2) is 4.79 Å². The van der Waals surface area contributed by atoms with Crippen molar-refractivity contribution < 1.29 is 9.53 Å². The predicted molar refractivity (Wildman–Crippen MR) is 69.0 cm³/mol. The maximum atomic E-state index is 12.0. The van der Waals surface area contributed by atoms with Crippen LogP contribution in [0.5, 0.6) is 0 Å². The van der Waals surface area contributed by atoms with Gasteiger partial charge in [0.1, 0.15) is 5.60 Å². The fraction of sp³-hybridized carbons (Fsp3) is 0.615. The molecule has 18 heavy (non-hydrogen) atoms. The lowest BCUT2D eigenvalue weighted by Gasteiger charge is -2.29. The van der Waals surface area contributed by atoms with Crippen LogP contribution in [0.25, 0.3) is 0 Å². The summed E-state index contributed by atoms with van der Waals surface area (Å²) in [7, 11) is 0. The van der Waals surface area contributed by atoms with Crippen LogP contribution in [0.15, 0.2) is 6.07 Å². The first-order valence-corrected chi connectivity index (χ1v) is 6.26. The Bertz CT molecular complexity index is 446. The maximum Gasteiger partial charge on any atom is 0.410 e.